The highest BCUT2D eigenvalue weighted by Gasteiger charge is 2.46. The fourth-order valence-corrected chi connectivity index (χ4v) is 9.85. The molecule has 284 valence electrons. The van der Waals surface area contributed by atoms with Crippen molar-refractivity contribution >= 4 is 32.3 Å². The number of fused-ring (bicyclic) bond motifs is 7. The lowest BCUT2D eigenvalue weighted by molar-refractivity contribution is 0.768. The molecule has 0 saturated carbocycles. The summed E-state index contributed by atoms with van der Waals surface area (Å²) in [7, 11) is 0. The number of benzene rings is 10. The molecule has 0 bridgehead atoms. The van der Waals surface area contributed by atoms with Crippen molar-refractivity contribution in [1.82, 2.24) is 15.0 Å². The van der Waals surface area contributed by atoms with Crippen molar-refractivity contribution in [2.75, 3.05) is 0 Å². The summed E-state index contributed by atoms with van der Waals surface area (Å²) in [6.45, 7) is 0. The van der Waals surface area contributed by atoms with Gasteiger partial charge >= 0.3 is 0 Å². The lowest BCUT2D eigenvalue weighted by Gasteiger charge is -2.34. The molecule has 11 aromatic rings. The average Bonchev–Trinajstić information content (AvgIpc) is 3.64. The van der Waals surface area contributed by atoms with Gasteiger partial charge in [0.1, 0.15) is 0 Å². The van der Waals surface area contributed by atoms with Crippen molar-refractivity contribution < 1.29 is 0 Å². The molecule has 3 nitrogen and oxygen atoms in total. The molecule has 10 aromatic carbocycles. The smallest absolute Gasteiger partial charge is 0.164 e. The third-order valence-corrected chi connectivity index (χ3v) is 12.6. The monoisotopic (exact) mass is 775 g/mol. The molecule has 1 aliphatic rings. The molecule has 1 heterocycles. The van der Waals surface area contributed by atoms with Crippen LogP contribution in [0.2, 0.25) is 0 Å². The largest absolute Gasteiger partial charge is 0.208 e. The van der Waals surface area contributed by atoms with Gasteiger partial charge in [-0.25, -0.2) is 15.0 Å². The van der Waals surface area contributed by atoms with Crippen LogP contribution in [0.3, 0.4) is 0 Å². The zero-order valence-corrected chi connectivity index (χ0v) is 33.2. The maximum Gasteiger partial charge on any atom is 0.164 e. The second kappa shape index (κ2) is 14.1. The van der Waals surface area contributed by atoms with Crippen LogP contribution in [-0.4, -0.2) is 15.0 Å². The van der Waals surface area contributed by atoms with Gasteiger partial charge < -0.3 is 0 Å². The molecule has 0 fully saturated rings. The number of hydrogen-bond acceptors (Lipinski definition) is 3. The van der Waals surface area contributed by atoms with Crippen LogP contribution >= 0.6 is 0 Å². The number of nitrogens with zero attached hydrogens (tertiary/aromatic N) is 3. The Bertz CT molecular complexity index is 3410. The first kappa shape index (κ1) is 35.0. The summed E-state index contributed by atoms with van der Waals surface area (Å²) in [5, 5.41) is 7.44. The van der Waals surface area contributed by atoms with E-state index in [2.05, 4.69) is 206 Å². The van der Waals surface area contributed by atoms with Gasteiger partial charge in [-0.3, -0.25) is 0 Å². The normalized spacial score (nSPS) is 12.7. The summed E-state index contributed by atoms with van der Waals surface area (Å²) < 4.78 is 0. The molecule has 0 radical (unpaired) electrons. The van der Waals surface area contributed by atoms with E-state index in [4.69, 9.17) is 15.0 Å². The van der Waals surface area contributed by atoms with E-state index in [1.807, 2.05) is 18.2 Å². The first-order chi connectivity index (χ1) is 30.2. The Hall–Kier alpha value is -8.01. The van der Waals surface area contributed by atoms with Crippen LogP contribution in [0.25, 0.3) is 88.7 Å². The minimum atomic E-state index is -0.531. The molecule has 0 aliphatic heterocycles. The fraction of sp³-hybridized carbons (Fsp3) is 0.0172. The van der Waals surface area contributed by atoms with Crippen LogP contribution in [0.15, 0.2) is 224 Å². The average molecular weight is 776 g/mol. The molecule has 1 aromatic heterocycles. The van der Waals surface area contributed by atoms with E-state index in [0.717, 1.165) is 22.3 Å². The van der Waals surface area contributed by atoms with E-state index in [0.29, 0.717) is 17.5 Å². The molecular weight excluding hydrogens is 739 g/mol. The molecule has 0 atom stereocenters. The highest BCUT2D eigenvalue weighted by Crippen LogP contribution is 2.56. The highest BCUT2D eigenvalue weighted by molar-refractivity contribution is 6.20. The molecule has 0 saturated heterocycles. The molecule has 3 heteroatoms. The van der Waals surface area contributed by atoms with Crippen molar-refractivity contribution in [2.24, 2.45) is 0 Å². The van der Waals surface area contributed by atoms with Crippen molar-refractivity contribution in [2.45, 2.75) is 5.41 Å². The Morgan fingerprint density at radius 2 is 0.787 bits per heavy atom. The van der Waals surface area contributed by atoms with Crippen molar-refractivity contribution in [3.8, 4) is 56.4 Å². The summed E-state index contributed by atoms with van der Waals surface area (Å²) in [6.07, 6.45) is 0. The predicted octanol–water partition coefficient (Wildman–Crippen LogP) is 14.4. The Morgan fingerprint density at radius 3 is 1.49 bits per heavy atom. The third-order valence-electron chi connectivity index (χ3n) is 12.6. The molecule has 61 heavy (non-hydrogen) atoms. The van der Waals surface area contributed by atoms with E-state index in [-0.39, 0.29) is 0 Å². The molecule has 12 rings (SSSR count). The van der Waals surface area contributed by atoms with Gasteiger partial charge in [-0.05, 0) is 89.0 Å². The number of hydrogen-bond donors (Lipinski definition) is 0. The van der Waals surface area contributed by atoms with Gasteiger partial charge in [0.15, 0.2) is 17.5 Å². The lowest BCUT2D eigenvalue weighted by atomic mass is 9.67. The summed E-state index contributed by atoms with van der Waals surface area (Å²) in [5.74, 6) is 1.90. The maximum absolute atomic E-state index is 5.28. The zero-order chi connectivity index (χ0) is 40.3. The van der Waals surface area contributed by atoms with Crippen molar-refractivity contribution in [1.29, 1.82) is 0 Å². The van der Waals surface area contributed by atoms with Crippen LogP contribution in [0.1, 0.15) is 22.3 Å². The SMILES string of the molecule is c1ccc(-c2nc(-c3ccc(-c4c5ccccc5cc5c4ccc4ccccc45)cc3)nc(-c3ccc4c(c3)C(c3ccccc3)(c3ccccc3)c3ccccc3-4)n2)cc1. The van der Waals surface area contributed by atoms with Crippen LogP contribution in [-0.2, 0) is 5.41 Å². The molecule has 0 N–H and O–H groups in total. The van der Waals surface area contributed by atoms with E-state index in [9.17, 15) is 0 Å². The van der Waals surface area contributed by atoms with E-state index < -0.39 is 5.41 Å². The Morgan fingerprint density at radius 1 is 0.279 bits per heavy atom. The molecular formula is C58H37N3. The van der Waals surface area contributed by atoms with Gasteiger partial charge in [0.05, 0.1) is 5.41 Å². The number of rotatable bonds is 6. The lowest BCUT2D eigenvalue weighted by Crippen LogP contribution is -2.28. The van der Waals surface area contributed by atoms with E-state index in [1.165, 1.54) is 71.3 Å². The van der Waals surface area contributed by atoms with E-state index in [1.54, 1.807) is 0 Å². The topological polar surface area (TPSA) is 38.7 Å². The molecule has 1 aliphatic carbocycles. The predicted molar refractivity (Wildman–Crippen MR) is 251 cm³/mol. The quantitative estimate of drug-likeness (QED) is 0.125. The molecule has 0 unspecified atom stereocenters. The molecule has 0 spiro atoms. The summed E-state index contributed by atoms with van der Waals surface area (Å²) in [5.41, 5.74) is 12.0. The van der Waals surface area contributed by atoms with Crippen LogP contribution in [0.4, 0.5) is 0 Å². The Balaban J connectivity index is 1.03. The van der Waals surface area contributed by atoms with Crippen LogP contribution in [0.5, 0.6) is 0 Å². The first-order valence-corrected chi connectivity index (χ1v) is 20.9. The first-order valence-electron chi connectivity index (χ1n) is 20.9. The fourth-order valence-electron chi connectivity index (χ4n) is 9.85. The van der Waals surface area contributed by atoms with Crippen molar-refractivity contribution in [3.63, 3.8) is 0 Å². The summed E-state index contributed by atoms with van der Waals surface area (Å²) >= 11 is 0. The molecule has 0 amide bonds. The van der Waals surface area contributed by atoms with Crippen molar-refractivity contribution in [3.05, 3.63) is 247 Å². The standard InChI is InChI=1S/C58H37N3/c1-4-17-40(18-5-1)55-59-56(41-30-28-39(29-31-41)54-47-25-13-11-19-42(47)36-51-46-24-12-10-16-38(46)32-35-50(51)54)61-57(60-55)43-33-34-49-48-26-14-15-27-52(48)58(53(49)37-43,44-20-6-2-7-21-44)45-22-8-3-9-23-45/h1-37H. The Labute approximate surface area is 354 Å². The van der Waals surface area contributed by atoms with Gasteiger partial charge in [-0.15, -0.1) is 0 Å². The second-order valence-corrected chi connectivity index (χ2v) is 15.9. The highest BCUT2D eigenvalue weighted by atomic mass is 15.0. The van der Waals surface area contributed by atoms with Gasteiger partial charge in [0.25, 0.3) is 0 Å². The minimum absolute atomic E-state index is 0.531. The van der Waals surface area contributed by atoms with Gasteiger partial charge in [-0.1, -0.05) is 212 Å². The summed E-state index contributed by atoms with van der Waals surface area (Å²) in [6, 6.07) is 80.6. The maximum atomic E-state index is 5.28. The van der Waals surface area contributed by atoms with Gasteiger partial charge in [-0.2, -0.15) is 0 Å². The van der Waals surface area contributed by atoms with Gasteiger partial charge in [0, 0.05) is 16.7 Å². The minimum Gasteiger partial charge on any atom is -0.208 e. The summed E-state index contributed by atoms with van der Waals surface area (Å²) in [4.78, 5) is 15.6. The Kier molecular flexibility index (Phi) is 8.07. The number of aromatic nitrogens is 3. The van der Waals surface area contributed by atoms with Crippen LogP contribution in [0, 0.1) is 0 Å². The van der Waals surface area contributed by atoms with E-state index >= 15 is 0 Å². The zero-order valence-electron chi connectivity index (χ0n) is 33.2. The third kappa shape index (κ3) is 5.55. The van der Waals surface area contributed by atoms with Crippen LogP contribution < -0.4 is 0 Å². The van der Waals surface area contributed by atoms with Gasteiger partial charge in [0.2, 0.25) is 0 Å². The second-order valence-electron chi connectivity index (χ2n) is 15.9.